The Kier molecular flexibility index (Phi) is 4.15. The van der Waals surface area contributed by atoms with Crippen molar-refractivity contribution in [1.82, 2.24) is 24.6 Å². The maximum atomic E-state index is 12.5. The van der Waals surface area contributed by atoms with Crippen LogP contribution in [0.25, 0.3) is 5.82 Å². The molecule has 0 radical (unpaired) electrons. The predicted molar refractivity (Wildman–Crippen MR) is 89.9 cm³/mol. The minimum atomic E-state index is 0.266. The van der Waals surface area contributed by atoms with E-state index in [0.717, 1.165) is 50.7 Å². The first-order valence-electron chi connectivity index (χ1n) is 8.67. The molecule has 1 amide bonds. The summed E-state index contributed by atoms with van der Waals surface area (Å²) in [5.41, 5.74) is 0. The van der Waals surface area contributed by atoms with Gasteiger partial charge in [0.25, 0.3) is 0 Å². The fourth-order valence-corrected chi connectivity index (χ4v) is 3.63. The summed E-state index contributed by atoms with van der Waals surface area (Å²) in [4.78, 5) is 25.4. The second-order valence-electron chi connectivity index (χ2n) is 6.48. The van der Waals surface area contributed by atoms with Crippen LogP contribution in [0.2, 0.25) is 0 Å². The molecule has 0 unspecified atom stereocenters. The molecule has 2 aliphatic rings. The van der Waals surface area contributed by atoms with Gasteiger partial charge >= 0.3 is 0 Å². The summed E-state index contributed by atoms with van der Waals surface area (Å²) in [6.45, 7) is 3.18. The van der Waals surface area contributed by atoms with Crippen LogP contribution in [0, 0.1) is 5.92 Å². The summed E-state index contributed by atoms with van der Waals surface area (Å²) in [6, 6.07) is 3.82. The second kappa shape index (κ2) is 6.59. The monoisotopic (exact) mass is 326 g/mol. The number of hydrogen-bond acceptors (Lipinski definition) is 5. The molecular weight excluding hydrogens is 304 g/mol. The highest BCUT2D eigenvalue weighted by Gasteiger charge is 2.29. The number of aromatic nitrogens is 4. The van der Waals surface area contributed by atoms with E-state index < -0.39 is 0 Å². The van der Waals surface area contributed by atoms with E-state index in [2.05, 4.69) is 20.0 Å². The molecule has 24 heavy (non-hydrogen) atoms. The average Bonchev–Trinajstić information content (AvgIpc) is 3.35. The lowest BCUT2D eigenvalue weighted by molar-refractivity contribution is -0.135. The third-order valence-corrected chi connectivity index (χ3v) is 5.00. The Balaban J connectivity index is 1.41. The third-order valence-electron chi connectivity index (χ3n) is 5.00. The van der Waals surface area contributed by atoms with Gasteiger partial charge in [-0.1, -0.05) is 12.8 Å². The Morgan fingerprint density at radius 1 is 1.04 bits per heavy atom. The first-order chi connectivity index (χ1) is 11.8. The zero-order valence-electron chi connectivity index (χ0n) is 13.7. The van der Waals surface area contributed by atoms with Gasteiger partial charge in [0.1, 0.15) is 12.1 Å². The van der Waals surface area contributed by atoms with Gasteiger partial charge in [-0.2, -0.15) is 5.10 Å². The molecular formula is C17H22N6O. The first kappa shape index (κ1) is 15.1. The molecule has 4 rings (SSSR count). The van der Waals surface area contributed by atoms with Crippen molar-refractivity contribution in [2.24, 2.45) is 5.92 Å². The van der Waals surface area contributed by atoms with Gasteiger partial charge in [-0.3, -0.25) is 4.79 Å². The molecule has 7 nitrogen and oxygen atoms in total. The van der Waals surface area contributed by atoms with Crippen LogP contribution in [0.1, 0.15) is 25.7 Å². The van der Waals surface area contributed by atoms with E-state index in [1.54, 1.807) is 17.2 Å². The van der Waals surface area contributed by atoms with Crippen LogP contribution in [0.15, 0.2) is 30.9 Å². The van der Waals surface area contributed by atoms with Crippen LogP contribution in [0.4, 0.5) is 5.82 Å². The number of anilines is 1. The Bertz CT molecular complexity index is 687. The summed E-state index contributed by atoms with van der Waals surface area (Å²) in [7, 11) is 0. The minimum absolute atomic E-state index is 0.266. The van der Waals surface area contributed by atoms with E-state index in [1.165, 1.54) is 12.8 Å². The SMILES string of the molecule is O=C(C1CCCC1)N1CCN(c2cc(-n3cccn3)ncn2)CC1. The van der Waals surface area contributed by atoms with Crippen molar-refractivity contribution in [3.8, 4) is 5.82 Å². The zero-order valence-corrected chi connectivity index (χ0v) is 13.7. The summed E-state index contributed by atoms with van der Waals surface area (Å²) in [5, 5.41) is 4.21. The number of hydrogen-bond donors (Lipinski definition) is 0. The highest BCUT2D eigenvalue weighted by molar-refractivity contribution is 5.79. The smallest absolute Gasteiger partial charge is 0.225 e. The van der Waals surface area contributed by atoms with Crippen molar-refractivity contribution in [3.63, 3.8) is 0 Å². The molecule has 0 N–H and O–H groups in total. The molecule has 2 fully saturated rings. The number of nitrogens with zero attached hydrogens (tertiary/aromatic N) is 6. The maximum Gasteiger partial charge on any atom is 0.225 e. The highest BCUT2D eigenvalue weighted by Crippen LogP contribution is 2.27. The number of piperazine rings is 1. The second-order valence-corrected chi connectivity index (χ2v) is 6.48. The Morgan fingerprint density at radius 2 is 1.79 bits per heavy atom. The topological polar surface area (TPSA) is 67.2 Å². The molecule has 7 heteroatoms. The molecule has 0 spiro atoms. The standard InChI is InChI=1S/C17H22N6O/c24-17(14-4-1-2-5-14)22-10-8-21(9-11-22)15-12-16(19-13-18-15)23-7-3-6-20-23/h3,6-7,12-14H,1-2,4-5,8-11H2. The minimum Gasteiger partial charge on any atom is -0.353 e. The normalized spacial score (nSPS) is 19.0. The van der Waals surface area contributed by atoms with Crippen LogP contribution in [0.5, 0.6) is 0 Å². The van der Waals surface area contributed by atoms with Crippen LogP contribution in [0.3, 0.4) is 0 Å². The predicted octanol–water partition coefficient (Wildman–Crippen LogP) is 1.50. The molecule has 126 valence electrons. The zero-order chi connectivity index (χ0) is 16.4. The molecule has 2 aromatic heterocycles. The number of rotatable bonds is 3. The average molecular weight is 326 g/mol. The van der Waals surface area contributed by atoms with E-state index in [0.29, 0.717) is 5.91 Å². The third kappa shape index (κ3) is 2.98. The Labute approximate surface area is 141 Å². The lowest BCUT2D eigenvalue weighted by Gasteiger charge is -2.36. The van der Waals surface area contributed by atoms with E-state index in [1.807, 2.05) is 23.2 Å². The Morgan fingerprint density at radius 3 is 2.50 bits per heavy atom. The van der Waals surface area contributed by atoms with Gasteiger partial charge in [-0.05, 0) is 18.9 Å². The molecule has 3 heterocycles. The van der Waals surface area contributed by atoms with Crippen molar-refractivity contribution < 1.29 is 4.79 Å². The van der Waals surface area contributed by atoms with Crippen molar-refractivity contribution in [1.29, 1.82) is 0 Å². The van der Waals surface area contributed by atoms with Gasteiger partial charge in [0.15, 0.2) is 5.82 Å². The van der Waals surface area contributed by atoms with Gasteiger partial charge in [0, 0.05) is 50.6 Å². The van der Waals surface area contributed by atoms with Gasteiger partial charge in [0.05, 0.1) is 0 Å². The van der Waals surface area contributed by atoms with Crippen molar-refractivity contribution in [2.75, 3.05) is 31.1 Å². The van der Waals surface area contributed by atoms with Gasteiger partial charge in [-0.15, -0.1) is 0 Å². The molecule has 0 aromatic carbocycles. The van der Waals surface area contributed by atoms with E-state index in [4.69, 9.17) is 0 Å². The largest absolute Gasteiger partial charge is 0.353 e. The van der Waals surface area contributed by atoms with Gasteiger partial charge in [-0.25, -0.2) is 14.6 Å². The van der Waals surface area contributed by atoms with Crippen LogP contribution in [-0.4, -0.2) is 56.7 Å². The molecule has 1 saturated heterocycles. The van der Waals surface area contributed by atoms with E-state index in [-0.39, 0.29) is 5.92 Å². The quantitative estimate of drug-likeness (QED) is 0.855. The van der Waals surface area contributed by atoms with Gasteiger partial charge in [0.2, 0.25) is 5.91 Å². The first-order valence-corrected chi connectivity index (χ1v) is 8.67. The van der Waals surface area contributed by atoms with Crippen LogP contribution in [-0.2, 0) is 4.79 Å². The van der Waals surface area contributed by atoms with Crippen molar-refractivity contribution >= 4 is 11.7 Å². The lowest BCUT2D eigenvalue weighted by atomic mass is 10.1. The van der Waals surface area contributed by atoms with E-state index >= 15 is 0 Å². The Hall–Kier alpha value is -2.44. The molecule has 0 bridgehead atoms. The lowest BCUT2D eigenvalue weighted by Crippen LogP contribution is -2.50. The van der Waals surface area contributed by atoms with Crippen LogP contribution < -0.4 is 4.90 Å². The van der Waals surface area contributed by atoms with Crippen molar-refractivity contribution in [3.05, 3.63) is 30.9 Å². The maximum absolute atomic E-state index is 12.5. The van der Waals surface area contributed by atoms with E-state index in [9.17, 15) is 4.79 Å². The fraction of sp³-hybridized carbons (Fsp3) is 0.529. The number of carbonyl (C=O) groups excluding carboxylic acids is 1. The summed E-state index contributed by atoms with van der Waals surface area (Å²) in [5.74, 6) is 2.27. The highest BCUT2D eigenvalue weighted by atomic mass is 16.2. The number of carbonyl (C=O) groups is 1. The fourth-order valence-electron chi connectivity index (χ4n) is 3.63. The molecule has 1 aliphatic carbocycles. The molecule has 0 atom stereocenters. The summed E-state index contributed by atoms with van der Waals surface area (Å²) >= 11 is 0. The molecule has 2 aromatic rings. The van der Waals surface area contributed by atoms with Crippen molar-refractivity contribution in [2.45, 2.75) is 25.7 Å². The van der Waals surface area contributed by atoms with Crippen LogP contribution >= 0.6 is 0 Å². The number of amides is 1. The molecule has 1 aliphatic heterocycles. The molecule has 1 saturated carbocycles. The van der Waals surface area contributed by atoms with Gasteiger partial charge < -0.3 is 9.80 Å². The summed E-state index contributed by atoms with van der Waals surface area (Å²) < 4.78 is 1.73. The summed E-state index contributed by atoms with van der Waals surface area (Å²) in [6.07, 6.45) is 9.71.